The maximum atomic E-state index is 4.33. The molecular formula is C11H17BrN2. The van der Waals surface area contributed by atoms with E-state index < -0.39 is 0 Å². The van der Waals surface area contributed by atoms with Crippen LogP contribution in [0, 0.1) is 5.92 Å². The summed E-state index contributed by atoms with van der Waals surface area (Å²) in [6.07, 6.45) is 10.5. The van der Waals surface area contributed by atoms with E-state index in [4.69, 9.17) is 0 Å². The molecule has 1 aromatic heterocycles. The number of aryl methyl sites for hydroxylation is 1. The summed E-state index contributed by atoms with van der Waals surface area (Å²) in [5, 5.41) is 4.33. The molecule has 1 saturated carbocycles. The fourth-order valence-electron chi connectivity index (χ4n) is 2.25. The predicted octanol–water partition coefficient (Wildman–Crippen LogP) is 3.62. The van der Waals surface area contributed by atoms with Crippen molar-refractivity contribution in [2.24, 2.45) is 5.92 Å². The maximum Gasteiger partial charge on any atom is 0.128 e. The van der Waals surface area contributed by atoms with Crippen LogP contribution in [0.5, 0.6) is 0 Å². The van der Waals surface area contributed by atoms with E-state index in [0.29, 0.717) is 0 Å². The molecule has 3 heteroatoms. The first kappa shape index (κ1) is 10.2. The van der Waals surface area contributed by atoms with E-state index in [-0.39, 0.29) is 0 Å². The molecule has 78 valence electrons. The average molecular weight is 257 g/mol. The Morgan fingerprint density at radius 3 is 2.79 bits per heavy atom. The van der Waals surface area contributed by atoms with E-state index in [0.717, 1.165) is 17.1 Å². The molecule has 0 aliphatic heterocycles. The Labute approximate surface area is 93.8 Å². The zero-order valence-electron chi connectivity index (χ0n) is 8.45. The molecule has 2 nitrogen and oxygen atoms in total. The van der Waals surface area contributed by atoms with Crippen molar-refractivity contribution >= 4 is 15.9 Å². The van der Waals surface area contributed by atoms with Gasteiger partial charge in [0.25, 0.3) is 0 Å². The van der Waals surface area contributed by atoms with Gasteiger partial charge >= 0.3 is 0 Å². The highest BCUT2D eigenvalue weighted by molar-refractivity contribution is 9.10. The lowest BCUT2D eigenvalue weighted by molar-refractivity contribution is 0.318. The van der Waals surface area contributed by atoms with Crippen LogP contribution >= 0.6 is 15.9 Å². The fourth-order valence-corrected chi connectivity index (χ4v) is 2.57. The van der Waals surface area contributed by atoms with Gasteiger partial charge in [-0.25, -0.2) is 0 Å². The van der Waals surface area contributed by atoms with E-state index in [2.05, 4.69) is 21.0 Å². The molecule has 1 aromatic rings. The van der Waals surface area contributed by atoms with Gasteiger partial charge < -0.3 is 0 Å². The minimum atomic E-state index is 0.946. The second-order valence-electron chi connectivity index (χ2n) is 4.19. The third-order valence-electron chi connectivity index (χ3n) is 3.10. The molecule has 0 bridgehead atoms. The van der Waals surface area contributed by atoms with Crippen molar-refractivity contribution in [3.05, 3.63) is 16.9 Å². The summed E-state index contributed by atoms with van der Waals surface area (Å²) >= 11 is 3.37. The first-order valence-corrected chi connectivity index (χ1v) is 6.33. The number of aromatic nitrogens is 2. The van der Waals surface area contributed by atoms with Gasteiger partial charge in [0.1, 0.15) is 4.60 Å². The van der Waals surface area contributed by atoms with E-state index in [1.54, 1.807) is 0 Å². The summed E-state index contributed by atoms with van der Waals surface area (Å²) < 4.78 is 2.99. The number of hydrogen-bond acceptors (Lipinski definition) is 1. The van der Waals surface area contributed by atoms with Gasteiger partial charge in [0.15, 0.2) is 0 Å². The molecule has 0 spiro atoms. The SMILES string of the molecule is Brc1ccn(CCC2CCCCC2)n1. The molecule has 1 fully saturated rings. The fraction of sp³-hybridized carbons (Fsp3) is 0.727. The zero-order chi connectivity index (χ0) is 9.80. The van der Waals surface area contributed by atoms with Gasteiger partial charge in [-0.15, -0.1) is 0 Å². The molecule has 0 aromatic carbocycles. The lowest BCUT2D eigenvalue weighted by Gasteiger charge is -2.21. The van der Waals surface area contributed by atoms with Crippen LogP contribution in [0.4, 0.5) is 0 Å². The van der Waals surface area contributed by atoms with Gasteiger partial charge in [-0.3, -0.25) is 4.68 Å². The average Bonchev–Trinajstić information content (AvgIpc) is 2.63. The van der Waals surface area contributed by atoms with Crippen LogP contribution in [0.1, 0.15) is 38.5 Å². The van der Waals surface area contributed by atoms with E-state index in [1.165, 1.54) is 38.5 Å². The van der Waals surface area contributed by atoms with E-state index >= 15 is 0 Å². The minimum absolute atomic E-state index is 0.946. The number of nitrogens with zero attached hydrogens (tertiary/aromatic N) is 2. The summed E-state index contributed by atoms with van der Waals surface area (Å²) in [4.78, 5) is 0. The monoisotopic (exact) mass is 256 g/mol. The first-order chi connectivity index (χ1) is 6.84. The van der Waals surface area contributed by atoms with Gasteiger partial charge in [0.05, 0.1) is 0 Å². The Morgan fingerprint density at radius 1 is 1.36 bits per heavy atom. The molecule has 1 aliphatic rings. The van der Waals surface area contributed by atoms with Crippen molar-refractivity contribution in [1.82, 2.24) is 9.78 Å². The molecule has 0 saturated heterocycles. The highest BCUT2D eigenvalue weighted by Gasteiger charge is 2.12. The van der Waals surface area contributed by atoms with Crippen LogP contribution in [0.25, 0.3) is 0 Å². The molecule has 14 heavy (non-hydrogen) atoms. The number of rotatable bonds is 3. The molecule has 1 aliphatic carbocycles. The highest BCUT2D eigenvalue weighted by Crippen LogP contribution is 2.26. The van der Waals surface area contributed by atoms with Crippen LogP contribution in [0.2, 0.25) is 0 Å². The quantitative estimate of drug-likeness (QED) is 0.808. The lowest BCUT2D eigenvalue weighted by Crippen LogP contribution is -2.10. The topological polar surface area (TPSA) is 17.8 Å². The summed E-state index contributed by atoms with van der Waals surface area (Å²) in [5.74, 6) is 0.951. The van der Waals surface area contributed by atoms with Gasteiger partial charge in [-0.2, -0.15) is 5.10 Å². The summed E-state index contributed by atoms with van der Waals surface area (Å²) in [5.41, 5.74) is 0. The molecule has 0 N–H and O–H groups in total. The molecule has 0 atom stereocenters. The van der Waals surface area contributed by atoms with E-state index in [9.17, 15) is 0 Å². The van der Waals surface area contributed by atoms with Crippen molar-refractivity contribution in [3.63, 3.8) is 0 Å². The standard InChI is InChI=1S/C11H17BrN2/c12-11-7-9-14(13-11)8-6-10-4-2-1-3-5-10/h7,9-10H,1-6,8H2. The van der Waals surface area contributed by atoms with Crippen molar-refractivity contribution in [3.8, 4) is 0 Å². The molecule has 0 unspecified atom stereocenters. The zero-order valence-corrected chi connectivity index (χ0v) is 10.0. The van der Waals surface area contributed by atoms with E-state index in [1.807, 2.05) is 16.9 Å². The normalized spacial score (nSPS) is 18.6. The third kappa shape index (κ3) is 2.84. The molecular weight excluding hydrogens is 240 g/mol. The predicted molar refractivity (Wildman–Crippen MR) is 61.1 cm³/mol. The Hall–Kier alpha value is -0.310. The second-order valence-corrected chi connectivity index (χ2v) is 5.01. The van der Waals surface area contributed by atoms with Gasteiger partial charge in [-0.05, 0) is 34.3 Å². The van der Waals surface area contributed by atoms with Crippen LogP contribution in [-0.4, -0.2) is 9.78 Å². The number of hydrogen-bond donors (Lipinski definition) is 0. The van der Waals surface area contributed by atoms with Crippen LogP contribution in [-0.2, 0) is 6.54 Å². The number of halogens is 1. The maximum absolute atomic E-state index is 4.33. The minimum Gasteiger partial charge on any atom is -0.272 e. The highest BCUT2D eigenvalue weighted by atomic mass is 79.9. The second kappa shape index (κ2) is 4.96. The van der Waals surface area contributed by atoms with Crippen LogP contribution in [0.15, 0.2) is 16.9 Å². The summed E-state index contributed by atoms with van der Waals surface area (Å²) in [6.45, 7) is 1.08. The Balaban J connectivity index is 1.76. The van der Waals surface area contributed by atoms with Gasteiger partial charge in [0.2, 0.25) is 0 Å². The van der Waals surface area contributed by atoms with Crippen molar-refractivity contribution < 1.29 is 0 Å². The van der Waals surface area contributed by atoms with Crippen LogP contribution < -0.4 is 0 Å². The Kier molecular flexibility index (Phi) is 3.62. The Morgan fingerprint density at radius 2 is 2.14 bits per heavy atom. The summed E-state index contributed by atoms with van der Waals surface area (Å²) in [7, 11) is 0. The van der Waals surface area contributed by atoms with Crippen LogP contribution in [0.3, 0.4) is 0 Å². The van der Waals surface area contributed by atoms with Crippen molar-refractivity contribution in [1.29, 1.82) is 0 Å². The molecule has 2 rings (SSSR count). The van der Waals surface area contributed by atoms with Gasteiger partial charge in [0, 0.05) is 12.7 Å². The first-order valence-electron chi connectivity index (χ1n) is 5.53. The van der Waals surface area contributed by atoms with Gasteiger partial charge in [-0.1, -0.05) is 32.1 Å². The molecule has 0 amide bonds. The summed E-state index contributed by atoms with van der Waals surface area (Å²) in [6, 6.07) is 2.00. The van der Waals surface area contributed by atoms with Crippen molar-refractivity contribution in [2.45, 2.75) is 45.1 Å². The third-order valence-corrected chi connectivity index (χ3v) is 3.52. The molecule has 1 heterocycles. The smallest absolute Gasteiger partial charge is 0.128 e. The molecule has 0 radical (unpaired) electrons. The Bertz CT molecular complexity index is 277. The largest absolute Gasteiger partial charge is 0.272 e. The lowest BCUT2D eigenvalue weighted by atomic mass is 9.87. The van der Waals surface area contributed by atoms with Crippen molar-refractivity contribution in [2.75, 3.05) is 0 Å².